The lowest BCUT2D eigenvalue weighted by Crippen LogP contribution is -2.70. The van der Waals surface area contributed by atoms with Gasteiger partial charge in [0.05, 0.1) is 41.5 Å². The van der Waals surface area contributed by atoms with Crippen LogP contribution < -0.4 is 10.1 Å². The van der Waals surface area contributed by atoms with Crippen molar-refractivity contribution >= 4 is 97.2 Å². The summed E-state index contributed by atoms with van der Waals surface area (Å²) in [5, 5.41) is 37.8. The van der Waals surface area contributed by atoms with Crippen molar-refractivity contribution in [2.75, 3.05) is 34.1 Å². The third kappa shape index (κ3) is 7.75. The van der Waals surface area contributed by atoms with Crippen LogP contribution in [0.25, 0.3) is 0 Å². The SMILES string of the molecule is C[C@]12C=CC(=O)C=C1[C@@H](F)C[C@H]1[C@@H]3C[C@H]4CN(c5ccc(Cl)cc5)O[C@@]4(C(=O)O)[C@@]3(C)C[C@H](O)[C@@]12F.C[C@]12C=CC(=O)C=C1[C@@H](F)C[C@H]1[C@@H]3C[C@H]4CN(c5ccc(Cl)cc5)O[C@@]4(C(=O)OCCl)[C@@]3(C)C[C@H](O)[C@@]12F.ClCBr. The molecule has 2 heterocycles. The number of nitrogens with zero attached hydrogens (tertiary/aromatic N) is 2. The first-order chi connectivity index (χ1) is 36.2. The number of halogens is 9. The van der Waals surface area contributed by atoms with Gasteiger partial charge in [-0.05, 0) is 148 Å². The Morgan fingerprint density at radius 3 is 1.44 bits per heavy atom. The number of benzene rings is 2. The second-order valence-electron chi connectivity index (χ2n) is 23.3. The highest BCUT2D eigenvalue weighted by molar-refractivity contribution is 9.09. The molecule has 77 heavy (non-hydrogen) atoms. The molecule has 8 aliphatic carbocycles. The molecule has 8 fully saturated rings. The molecular weight excluding hydrogens is 1160 g/mol. The summed E-state index contributed by atoms with van der Waals surface area (Å²) in [5.74, 6) is -6.49. The largest absolute Gasteiger partial charge is 0.479 e. The van der Waals surface area contributed by atoms with E-state index in [0.717, 1.165) is 6.08 Å². The fourth-order valence-corrected chi connectivity index (χ4v) is 17.2. The standard InChI is InChI=1S/C28H29Cl2F2NO5.C27H28ClF2NO5.CH2BrCl/c1-25-8-7-18(34)10-21(25)22(31)11-20-19-9-15-13-33(17-5-3-16(30)4-6-17)38-28(15,24(36)37-14-29)26(19,2)12-23(35)27(20,25)32;1-24-8-7-17(32)10-20(24)21(29)11-19-18-9-14-13-31(16-5-3-15(28)4-6-16)36-27(14,23(34)35)25(18,2)12-22(33)26(19,24)30;2-1-3/h3-8,10,15,19-20,22-23,35H,9,11-14H2,1-2H3;3-8,10,14,18-19,21-22,33H,9,11-13H2,1-2H3,(H,34,35);1H2/t15-,19-,20-,22-,23-,25-,26-,27-,28-;14-,18-,19-,21-,22-,24-,25-,26-,27-;/m00./s1. The van der Waals surface area contributed by atoms with E-state index in [-0.39, 0.29) is 43.4 Å². The maximum absolute atomic E-state index is 17.4. The van der Waals surface area contributed by atoms with Crippen molar-refractivity contribution in [3.63, 3.8) is 0 Å². The van der Waals surface area contributed by atoms with Gasteiger partial charge in [0.1, 0.15) is 12.3 Å². The van der Waals surface area contributed by atoms with E-state index in [2.05, 4.69) is 15.9 Å². The maximum Gasteiger partial charge on any atom is 0.343 e. The van der Waals surface area contributed by atoms with Crippen molar-refractivity contribution in [1.29, 1.82) is 0 Å². The van der Waals surface area contributed by atoms with Gasteiger partial charge in [-0.1, -0.05) is 76.7 Å². The van der Waals surface area contributed by atoms with E-state index < -0.39 is 134 Å². The van der Waals surface area contributed by atoms with Crippen LogP contribution in [-0.2, 0) is 33.6 Å². The Balaban J connectivity index is 0.000000166. The number of aliphatic carboxylic acids is 1. The number of allylic oxidation sites excluding steroid dienone is 8. The summed E-state index contributed by atoms with van der Waals surface area (Å²) in [6.45, 7) is 7.21. The topological polar surface area (TPSA) is 163 Å². The van der Waals surface area contributed by atoms with Crippen molar-refractivity contribution in [1.82, 2.24) is 0 Å². The molecule has 416 valence electrons. The molecule has 12 nitrogen and oxygen atoms in total. The van der Waals surface area contributed by atoms with E-state index in [1.807, 2.05) is 6.92 Å². The average Bonchev–Trinajstić information content (AvgIpc) is 4.30. The number of carbonyl (C=O) groups excluding carboxylic acids is 3. The molecule has 2 saturated heterocycles. The molecule has 0 amide bonds. The predicted molar refractivity (Wildman–Crippen MR) is 284 cm³/mol. The lowest BCUT2D eigenvalue weighted by atomic mass is 9.44. The molecule has 3 N–H and O–H groups in total. The highest BCUT2D eigenvalue weighted by atomic mass is 79.9. The summed E-state index contributed by atoms with van der Waals surface area (Å²) < 4.78 is 71.4. The first-order valence-electron chi connectivity index (χ1n) is 25.7. The van der Waals surface area contributed by atoms with Crippen molar-refractivity contribution in [3.8, 4) is 0 Å². The fraction of sp³-hybridized carbons (Fsp3) is 0.571. The van der Waals surface area contributed by atoms with Gasteiger partial charge in [0.25, 0.3) is 0 Å². The van der Waals surface area contributed by atoms with Gasteiger partial charge in [0.2, 0.25) is 11.2 Å². The molecule has 2 aliphatic heterocycles. The van der Waals surface area contributed by atoms with Gasteiger partial charge in [0, 0.05) is 55.4 Å². The van der Waals surface area contributed by atoms with Crippen molar-refractivity contribution < 1.29 is 66.5 Å². The number of fused-ring (bicyclic) bond motifs is 14. The highest BCUT2D eigenvalue weighted by Gasteiger charge is 2.82. The monoisotopic (exact) mass is 1210 g/mol. The second-order valence-corrected chi connectivity index (χ2v) is 25.8. The number of esters is 1. The third-order valence-corrected chi connectivity index (χ3v) is 20.9. The molecule has 0 aromatic heterocycles. The van der Waals surface area contributed by atoms with Crippen LogP contribution in [0.4, 0.5) is 28.9 Å². The number of hydrogen-bond acceptors (Lipinski definition) is 11. The van der Waals surface area contributed by atoms with Gasteiger partial charge in [-0.15, -0.1) is 11.6 Å². The minimum absolute atomic E-state index is 0.0488. The number of carbonyl (C=O) groups is 4. The Hall–Kier alpha value is -3.52. The smallest absolute Gasteiger partial charge is 0.343 e. The summed E-state index contributed by atoms with van der Waals surface area (Å²) in [4.78, 5) is 64.0. The van der Waals surface area contributed by atoms with Crippen LogP contribution in [0.5, 0.6) is 0 Å². The van der Waals surface area contributed by atoms with E-state index in [9.17, 15) is 34.5 Å². The number of aliphatic hydroxyl groups excluding tert-OH is 2. The van der Waals surface area contributed by atoms with Gasteiger partial charge in [-0.3, -0.25) is 29.4 Å². The molecule has 6 saturated carbocycles. The number of hydroxylamine groups is 2. The summed E-state index contributed by atoms with van der Waals surface area (Å²) in [6.07, 6.45) is 1.30. The number of hydrogen-bond donors (Lipinski definition) is 3. The number of rotatable bonds is 5. The molecule has 10 aliphatic rings. The Bertz CT molecular complexity index is 2890. The Morgan fingerprint density at radius 1 is 0.675 bits per heavy atom. The zero-order valence-corrected chi connectivity index (χ0v) is 47.0. The number of aliphatic hydroxyl groups is 2. The van der Waals surface area contributed by atoms with Gasteiger partial charge in [0.15, 0.2) is 29.0 Å². The molecule has 12 rings (SSSR count). The lowest BCUT2D eigenvalue weighted by Gasteiger charge is -2.63. The van der Waals surface area contributed by atoms with E-state index in [0.29, 0.717) is 45.6 Å². The molecule has 2 aromatic rings. The zero-order chi connectivity index (χ0) is 55.8. The van der Waals surface area contributed by atoms with Gasteiger partial charge < -0.3 is 20.1 Å². The predicted octanol–water partition coefficient (Wildman–Crippen LogP) is 11.2. The molecule has 0 radical (unpaired) electrons. The fourth-order valence-electron chi connectivity index (χ4n) is 16.9. The van der Waals surface area contributed by atoms with E-state index in [1.165, 1.54) is 42.4 Å². The van der Waals surface area contributed by atoms with Crippen LogP contribution in [0.1, 0.15) is 66.2 Å². The second kappa shape index (κ2) is 19.6. The summed E-state index contributed by atoms with van der Waals surface area (Å²) in [7, 11) is 0. The van der Waals surface area contributed by atoms with Crippen LogP contribution in [0.3, 0.4) is 0 Å². The summed E-state index contributed by atoms with van der Waals surface area (Å²) in [6, 6.07) is 13.4. The number of carboxylic acid groups (broad SMARTS) is 1. The quantitative estimate of drug-likeness (QED) is 0.148. The van der Waals surface area contributed by atoms with Crippen LogP contribution in [0.15, 0.2) is 96.1 Å². The van der Waals surface area contributed by atoms with Crippen LogP contribution in [-0.4, -0.2) is 110 Å². The van der Waals surface area contributed by atoms with Gasteiger partial charge in [-0.25, -0.2) is 27.2 Å². The van der Waals surface area contributed by atoms with Crippen molar-refractivity contribution in [2.24, 2.45) is 57.2 Å². The number of ether oxygens (including phenoxy) is 1. The molecule has 18 atom stereocenters. The van der Waals surface area contributed by atoms with Gasteiger partial charge >= 0.3 is 11.9 Å². The van der Waals surface area contributed by atoms with E-state index in [4.69, 9.17) is 60.8 Å². The Kier molecular flexibility index (Phi) is 14.4. The minimum Gasteiger partial charge on any atom is -0.479 e. The first-order valence-corrected chi connectivity index (χ1v) is 28.6. The molecule has 0 spiro atoms. The number of ketones is 2. The average molecular weight is 1220 g/mol. The summed E-state index contributed by atoms with van der Waals surface area (Å²) >= 11 is 25.7. The third-order valence-electron chi connectivity index (χ3n) is 20.3. The van der Waals surface area contributed by atoms with Crippen LogP contribution >= 0.6 is 62.3 Å². The molecule has 0 unspecified atom stereocenters. The summed E-state index contributed by atoms with van der Waals surface area (Å²) in [5.41, 5.74) is -11.6. The molecular formula is C56H59BrCl4F4N2O10. The van der Waals surface area contributed by atoms with E-state index >= 15 is 17.6 Å². The Labute approximate surface area is 471 Å². The van der Waals surface area contributed by atoms with Crippen molar-refractivity contribution in [2.45, 2.75) is 113 Å². The normalized spacial score (nSPS) is 44.5. The molecule has 2 aromatic carbocycles. The first kappa shape index (κ1) is 56.7. The number of anilines is 2. The minimum atomic E-state index is -2.25. The number of carboxylic acids is 1. The van der Waals surface area contributed by atoms with Crippen LogP contribution in [0.2, 0.25) is 10.0 Å². The van der Waals surface area contributed by atoms with Crippen molar-refractivity contribution in [3.05, 3.63) is 106 Å². The Morgan fingerprint density at radius 2 is 1.05 bits per heavy atom. The van der Waals surface area contributed by atoms with E-state index in [1.54, 1.807) is 67.4 Å². The number of alkyl halides is 7. The highest BCUT2D eigenvalue weighted by Crippen LogP contribution is 2.75. The zero-order valence-electron chi connectivity index (χ0n) is 42.4. The van der Waals surface area contributed by atoms with Gasteiger partial charge in [-0.2, -0.15) is 0 Å². The maximum atomic E-state index is 17.4. The van der Waals surface area contributed by atoms with Crippen LogP contribution in [0, 0.1) is 57.2 Å². The molecule has 0 bridgehead atoms. The molecule has 21 heteroatoms. The lowest BCUT2D eigenvalue weighted by molar-refractivity contribution is -0.234.